The lowest BCUT2D eigenvalue weighted by Gasteiger charge is -2.21. The van der Waals surface area contributed by atoms with E-state index in [-0.39, 0.29) is 19.1 Å². The third kappa shape index (κ3) is 4.56. The van der Waals surface area contributed by atoms with Crippen LogP contribution in [0.3, 0.4) is 0 Å². The molecule has 0 radical (unpaired) electrons. The summed E-state index contributed by atoms with van der Waals surface area (Å²) in [5.41, 5.74) is 2.20. The first-order valence-corrected chi connectivity index (χ1v) is 6.67. The van der Waals surface area contributed by atoms with Crippen LogP contribution in [-0.4, -0.2) is 42.2 Å². The highest BCUT2D eigenvalue weighted by atomic mass is 16.5. The molecule has 4 heteroatoms. The van der Waals surface area contributed by atoms with Gasteiger partial charge < -0.3 is 14.7 Å². The maximum absolute atomic E-state index is 12.0. The van der Waals surface area contributed by atoms with Gasteiger partial charge in [0.05, 0.1) is 6.61 Å². The summed E-state index contributed by atoms with van der Waals surface area (Å²) in [5.74, 6) is 0.658. The smallest absolute Gasteiger partial charge is 0.260 e. The van der Waals surface area contributed by atoms with Crippen LogP contribution < -0.4 is 4.74 Å². The van der Waals surface area contributed by atoms with Crippen LogP contribution >= 0.6 is 0 Å². The monoisotopic (exact) mass is 265 g/mol. The molecule has 4 nitrogen and oxygen atoms in total. The molecule has 1 N–H and O–H groups in total. The zero-order valence-corrected chi connectivity index (χ0v) is 12.0. The van der Waals surface area contributed by atoms with Crippen LogP contribution in [0.15, 0.2) is 18.2 Å². The van der Waals surface area contributed by atoms with E-state index in [4.69, 9.17) is 9.84 Å². The first kappa shape index (κ1) is 15.5. The maximum Gasteiger partial charge on any atom is 0.260 e. The SMILES string of the molecule is CCCN(CCO)C(=O)COc1cccc(C)c1C. The van der Waals surface area contributed by atoms with E-state index in [1.165, 1.54) is 0 Å². The third-order valence-electron chi connectivity index (χ3n) is 3.12. The highest BCUT2D eigenvalue weighted by Gasteiger charge is 2.13. The number of rotatable bonds is 7. The van der Waals surface area contributed by atoms with E-state index in [1.807, 2.05) is 39.0 Å². The highest BCUT2D eigenvalue weighted by Crippen LogP contribution is 2.20. The predicted octanol–water partition coefficient (Wildman–Crippen LogP) is 1.91. The molecule has 0 atom stereocenters. The van der Waals surface area contributed by atoms with Crippen molar-refractivity contribution in [2.75, 3.05) is 26.3 Å². The first-order chi connectivity index (χ1) is 9.10. The van der Waals surface area contributed by atoms with Gasteiger partial charge in [0.15, 0.2) is 6.61 Å². The van der Waals surface area contributed by atoms with Crippen LogP contribution in [-0.2, 0) is 4.79 Å². The van der Waals surface area contributed by atoms with Crippen molar-refractivity contribution in [2.24, 2.45) is 0 Å². The third-order valence-corrected chi connectivity index (χ3v) is 3.12. The Morgan fingerprint density at radius 2 is 2.05 bits per heavy atom. The van der Waals surface area contributed by atoms with E-state index in [0.29, 0.717) is 13.1 Å². The number of nitrogens with zero attached hydrogens (tertiary/aromatic N) is 1. The summed E-state index contributed by atoms with van der Waals surface area (Å²) in [5, 5.41) is 8.94. The van der Waals surface area contributed by atoms with Crippen LogP contribution in [0.25, 0.3) is 0 Å². The van der Waals surface area contributed by atoms with Crippen molar-refractivity contribution >= 4 is 5.91 Å². The summed E-state index contributed by atoms with van der Waals surface area (Å²) >= 11 is 0. The summed E-state index contributed by atoms with van der Waals surface area (Å²) in [6.07, 6.45) is 0.870. The molecule has 1 amide bonds. The molecule has 0 aromatic heterocycles. The number of aryl methyl sites for hydroxylation is 1. The van der Waals surface area contributed by atoms with Crippen molar-refractivity contribution in [3.63, 3.8) is 0 Å². The number of carbonyl (C=O) groups is 1. The minimum Gasteiger partial charge on any atom is -0.483 e. The molecule has 0 fully saturated rings. The summed E-state index contributed by atoms with van der Waals surface area (Å²) in [6.45, 7) is 7.01. The molecule has 0 bridgehead atoms. The number of aliphatic hydroxyl groups excluding tert-OH is 1. The second kappa shape index (κ2) is 7.79. The molecule has 0 aliphatic heterocycles. The zero-order valence-electron chi connectivity index (χ0n) is 12.0. The molecule has 1 aromatic rings. The van der Waals surface area contributed by atoms with Crippen molar-refractivity contribution in [1.29, 1.82) is 0 Å². The normalized spacial score (nSPS) is 10.3. The van der Waals surface area contributed by atoms with E-state index in [0.717, 1.165) is 23.3 Å². The molecule has 0 unspecified atom stereocenters. The second-order valence-corrected chi connectivity index (χ2v) is 4.59. The Bertz CT molecular complexity index is 412. The van der Waals surface area contributed by atoms with Gasteiger partial charge in [0.2, 0.25) is 0 Å². The van der Waals surface area contributed by atoms with Crippen molar-refractivity contribution in [1.82, 2.24) is 4.90 Å². The number of ether oxygens (including phenoxy) is 1. The summed E-state index contributed by atoms with van der Waals surface area (Å²) < 4.78 is 5.58. The van der Waals surface area contributed by atoms with Crippen LogP contribution in [0.2, 0.25) is 0 Å². The van der Waals surface area contributed by atoms with E-state index < -0.39 is 0 Å². The van der Waals surface area contributed by atoms with Gasteiger partial charge in [-0.25, -0.2) is 0 Å². The molecule has 19 heavy (non-hydrogen) atoms. The average Bonchev–Trinajstić information content (AvgIpc) is 2.40. The van der Waals surface area contributed by atoms with Gasteiger partial charge in [-0.3, -0.25) is 4.79 Å². The van der Waals surface area contributed by atoms with Crippen molar-refractivity contribution < 1.29 is 14.6 Å². The average molecular weight is 265 g/mol. The summed E-state index contributed by atoms with van der Waals surface area (Å²) in [6, 6.07) is 5.80. The van der Waals surface area contributed by atoms with Gasteiger partial charge in [-0.2, -0.15) is 0 Å². The number of benzene rings is 1. The van der Waals surface area contributed by atoms with E-state index in [9.17, 15) is 4.79 Å². The molecule has 0 spiro atoms. The molecule has 0 saturated heterocycles. The number of carbonyl (C=O) groups excluding carboxylic acids is 1. The summed E-state index contributed by atoms with van der Waals surface area (Å²) in [7, 11) is 0. The largest absolute Gasteiger partial charge is 0.483 e. The Labute approximate surface area is 115 Å². The lowest BCUT2D eigenvalue weighted by atomic mass is 10.1. The van der Waals surface area contributed by atoms with Crippen LogP contribution in [0.4, 0.5) is 0 Å². The van der Waals surface area contributed by atoms with Gasteiger partial charge in [0.1, 0.15) is 5.75 Å². The molecular formula is C15H23NO3. The van der Waals surface area contributed by atoms with Gasteiger partial charge in [0, 0.05) is 13.1 Å². The summed E-state index contributed by atoms with van der Waals surface area (Å²) in [4.78, 5) is 13.6. The number of hydrogen-bond donors (Lipinski definition) is 1. The molecule has 0 aliphatic carbocycles. The fourth-order valence-electron chi connectivity index (χ4n) is 1.86. The molecular weight excluding hydrogens is 242 g/mol. The number of hydrogen-bond acceptors (Lipinski definition) is 3. The van der Waals surface area contributed by atoms with Crippen molar-refractivity contribution in [2.45, 2.75) is 27.2 Å². The molecule has 0 saturated carbocycles. The standard InChI is InChI=1S/C15H23NO3/c1-4-8-16(9-10-17)15(18)11-19-14-7-5-6-12(2)13(14)3/h5-7,17H,4,8-11H2,1-3H3. The van der Waals surface area contributed by atoms with Crippen molar-refractivity contribution in [3.8, 4) is 5.75 Å². The van der Waals surface area contributed by atoms with Crippen LogP contribution in [0.5, 0.6) is 5.75 Å². The molecule has 106 valence electrons. The zero-order chi connectivity index (χ0) is 14.3. The minimum atomic E-state index is -0.0863. The Balaban J connectivity index is 2.59. The molecule has 0 heterocycles. The van der Waals surface area contributed by atoms with Gasteiger partial charge in [-0.1, -0.05) is 19.1 Å². The number of amides is 1. The topological polar surface area (TPSA) is 49.8 Å². The van der Waals surface area contributed by atoms with E-state index in [1.54, 1.807) is 4.90 Å². The predicted molar refractivity (Wildman–Crippen MR) is 75.4 cm³/mol. The van der Waals surface area contributed by atoms with E-state index in [2.05, 4.69) is 0 Å². The van der Waals surface area contributed by atoms with Gasteiger partial charge in [-0.05, 0) is 37.5 Å². The van der Waals surface area contributed by atoms with Crippen LogP contribution in [0.1, 0.15) is 24.5 Å². The second-order valence-electron chi connectivity index (χ2n) is 4.59. The lowest BCUT2D eigenvalue weighted by Crippen LogP contribution is -2.37. The molecule has 1 aromatic carbocycles. The Hall–Kier alpha value is -1.55. The lowest BCUT2D eigenvalue weighted by molar-refractivity contribution is -0.133. The highest BCUT2D eigenvalue weighted by molar-refractivity contribution is 5.77. The molecule has 0 aliphatic rings. The van der Waals surface area contributed by atoms with Crippen molar-refractivity contribution in [3.05, 3.63) is 29.3 Å². The quantitative estimate of drug-likeness (QED) is 0.819. The Morgan fingerprint density at radius 3 is 2.68 bits per heavy atom. The fourth-order valence-corrected chi connectivity index (χ4v) is 1.86. The Kier molecular flexibility index (Phi) is 6.36. The fraction of sp³-hybridized carbons (Fsp3) is 0.533. The maximum atomic E-state index is 12.0. The van der Waals surface area contributed by atoms with Crippen LogP contribution in [0, 0.1) is 13.8 Å². The number of aliphatic hydroxyl groups is 1. The van der Waals surface area contributed by atoms with Gasteiger partial charge >= 0.3 is 0 Å². The van der Waals surface area contributed by atoms with Gasteiger partial charge in [0.25, 0.3) is 5.91 Å². The first-order valence-electron chi connectivity index (χ1n) is 6.67. The minimum absolute atomic E-state index is 0.0181. The Morgan fingerprint density at radius 1 is 1.32 bits per heavy atom. The van der Waals surface area contributed by atoms with Gasteiger partial charge in [-0.15, -0.1) is 0 Å². The van der Waals surface area contributed by atoms with E-state index >= 15 is 0 Å². The molecule has 1 rings (SSSR count).